The van der Waals surface area contributed by atoms with Gasteiger partial charge in [-0.15, -0.1) is 0 Å². The maximum absolute atomic E-state index is 12.4. The smallest absolute Gasteiger partial charge is 0.337 e. The molecule has 0 aliphatic heterocycles. The molecule has 0 aliphatic rings. The maximum atomic E-state index is 12.4. The van der Waals surface area contributed by atoms with Crippen LogP contribution >= 0.6 is 11.6 Å². The average molecular weight is 371 g/mol. The van der Waals surface area contributed by atoms with Crippen LogP contribution in [-0.2, 0) is 14.8 Å². The van der Waals surface area contributed by atoms with E-state index in [1.807, 2.05) is 0 Å². The van der Waals surface area contributed by atoms with Crippen LogP contribution < -0.4 is 4.72 Å². The second-order valence-electron chi connectivity index (χ2n) is 4.55. The number of sulfonamides is 1. The van der Waals surface area contributed by atoms with E-state index in [-0.39, 0.29) is 26.9 Å². The average Bonchev–Trinajstić information content (AvgIpc) is 2.55. The number of methoxy groups -OCH3 is 1. The number of rotatable bonds is 5. The van der Waals surface area contributed by atoms with Crippen molar-refractivity contribution in [2.75, 3.05) is 11.8 Å². The second-order valence-corrected chi connectivity index (χ2v) is 6.64. The minimum Gasteiger partial charge on any atom is -0.465 e. The lowest BCUT2D eigenvalue weighted by Crippen LogP contribution is -2.14. The quantitative estimate of drug-likeness (QED) is 0.491. The number of nitrogens with zero attached hydrogens (tertiary/aromatic N) is 1. The molecule has 0 saturated carbocycles. The van der Waals surface area contributed by atoms with Gasteiger partial charge in [-0.05, 0) is 24.3 Å². The molecule has 0 amide bonds. The summed E-state index contributed by atoms with van der Waals surface area (Å²) in [5.74, 6) is -0.694. The molecule has 0 unspecified atom stereocenters. The molecule has 0 fully saturated rings. The number of hydrogen-bond acceptors (Lipinski definition) is 6. The Hall–Kier alpha value is -2.65. The number of nitrogens with one attached hydrogen (secondary N) is 1. The van der Waals surface area contributed by atoms with Crippen molar-refractivity contribution in [3.05, 3.63) is 63.2 Å². The molecule has 0 atom stereocenters. The van der Waals surface area contributed by atoms with Crippen molar-refractivity contribution >= 4 is 39.0 Å². The summed E-state index contributed by atoms with van der Waals surface area (Å²) in [6, 6.07) is 8.52. The van der Waals surface area contributed by atoms with Crippen LogP contribution in [0.15, 0.2) is 47.4 Å². The highest BCUT2D eigenvalue weighted by molar-refractivity contribution is 7.92. The maximum Gasteiger partial charge on any atom is 0.337 e. The fourth-order valence-electron chi connectivity index (χ4n) is 1.82. The number of carbonyl (C=O) groups excluding carboxylic acids is 1. The van der Waals surface area contributed by atoms with Crippen LogP contribution in [0.4, 0.5) is 11.4 Å². The van der Waals surface area contributed by atoms with Gasteiger partial charge in [-0.25, -0.2) is 13.2 Å². The highest BCUT2D eigenvalue weighted by Crippen LogP contribution is 2.29. The molecule has 126 valence electrons. The van der Waals surface area contributed by atoms with Crippen LogP contribution in [0.3, 0.4) is 0 Å². The first kappa shape index (κ1) is 17.7. The van der Waals surface area contributed by atoms with E-state index in [1.54, 1.807) is 0 Å². The molecule has 0 bridgehead atoms. The molecule has 0 spiro atoms. The predicted octanol–water partition coefficient (Wildman–Crippen LogP) is 2.84. The zero-order valence-corrected chi connectivity index (χ0v) is 13.8. The Morgan fingerprint density at radius 3 is 2.58 bits per heavy atom. The third-order valence-corrected chi connectivity index (χ3v) is 4.66. The molecule has 2 rings (SSSR count). The van der Waals surface area contributed by atoms with E-state index in [9.17, 15) is 23.3 Å². The van der Waals surface area contributed by atoms with E-state index in [0.717, 1.165) is 18.2 Å². The van der Waals surface area contributed by atoms with Gasteiger partial charge in [0.15, 0.2) is 0 Å². The third-order valence-electron chi connectivity index (χ3n) is 2.97. The molecule has 0 radical (unpaired) electrons. The molecule has 0 aromatic heterocycles. The fraction of sp³-hybridized carbons (Fsp3) is 0.0714. The minimum absolute atomic E-state index is 0.00621. The van der Waals surface area contributed by atoms with Gasteiger partial charge in [-0.2, -0.15) is 0 Å². The van der Waals surface area contributed by atoms with Crippen LogP contribution in [0.2, 0.25) is 5.02 Å². The number of hydrogen-bond donors (Lipinski definition) is 1. The zero-order valence-electron chi connectivity index (χ0n) is 12.2. The number of anilines is 1. The Morgan fingerprint density at radius 1 is 1.25 bits per heavy atom. The standard InChI is InChI=1S/C14H11ClN2O6S/c1-23-14(18)9-3-2-4-11(7-9)24(21,22)16-13-8-10(17(19)20)5-6-12(13)15/h2-8,16H,1H3. The normalized spacial score (nSPS) is 10.9. The monoisotopic (exact) mass is 370 g/mol. The Balaban J connectivity index is 2.41. The van der Waals surface area contributed by atoms with Crippen molar-refractivity contribution in [3.63, 3.8) is 0 Å². The van der Waals surface area contributed by atoms with Crippen molar-refractivity contribution in [1.29, 1.82) is 0 Å². The first-order valence-corrected chi connectivity index (χ1v) is 8.26. The van der Waals surface area contributed by atoms with Crippen molar-refractivity contribution in [2.45, 2.75) is 4.90 Å². The first-order valence-electron chi connectivity index (χ1n) is 6.40. The second kappa shape index (κ2) is 6.85. The Kier molecular flexibility index (Phi) is 5.05. The van der Waals surface area contributed by atoms with E-state index in [4.69, 9.17) is 11.6 Å². The van der Waals surface area contributed by atoms with Crippen molar-refractivity contribution < 1.29 is 22.9 Å². The summed E-state index contributed by atoms with van der Waals surface area (Å²) in [6.07, 6.45) is 0. The van der Waals surface area contributed by atoms with Crippen LogP contribution in [-0.4, -0.2) is 26.4 Å². The van der Waals surface area contributed by atoms with Gasteiger partial charge >= 0.3 is 5.97 Å². The molecule has 8 nitrogen and oxygen atoms in total. The van der Waals surface area contributed by atoms with Gasteiger partial charge in [0, 0.05) is 12.1 Å². The molecule has 0 saturated heterocycles. The lowest BCUT2D eigenvalue weighted by atomic mass is 10.2. The van der Waals surface area contributed by atoms with E-state index in [0.29, 0.717) is 0 Å². The fourth-order valence-corrected chi connectivity index (χ4v) is 3.15. The molecule has 2 aromatic rings. The highest BCUT2D eigenvalue weighted by Gasteiger charge is 2.19. The van der Waals surface area contributed by atoms with Gasteiger partial charge in [-0.1, -0.05) is 17.7 Å². The van der Waals surface area contributed by atoms with Crippen LogP contribution in [0.25, 0.3) is 0 Å². The van der Waals surface area contributed by atoms with E-state index < -0.39 is 20.9 Å². The topological polar surface area (TPSA) is 116 Å². The summed E-state index contributed by atoms with van der Waals surface area (Å²) in [7, 11) is -2.94. The zero-order chi connectivity index (χ0) is 17.9. The van der Waals surface area contributed by atoms with Crippen LogP contribution in [0, 0.1) is 10.1 Å². The molecular weight excluding hydrogens is 360 g/mol. The number of non-ortho nitro benzene ring substituents is 1. The number of ether oxygens (including phenoxy) is 1. The lowest BCUT2D eigenvalue weighted by Gasteiger charge is -2.10. The van der Waals surface area contributed by atoms with Gasteiger partial charge in [-0.3, -0.25) is 14.8 Å². The summed E-state index contributed by atoms with van der Waals surface area (Å²) in [5, 5.41) is 10.8. The molecule has 24 heavy (non-hydrogen) atoms. The Labute approximate surface area is 142 Å². The summed E-state index contributed by atoms with van der Waals surface area (Å²) in [6.45, 7) is 0. The van der Waals surface area contributed by atoms with E-state index in [2.05, 4.69) is 9.46 Å². The van der Waals surface area contributed by atoms with Gasteiger partial charge in [0.05, 0.1) is 33.2 Å². The molecule has 10 heteroatoms. The molecule has 1 N–H and O–H groups in total. The summed E-state index contributed by atoms with van der Waals surface area (Å²) in [5.41, 5.74) is -0.416. The van der Waals surface area contributed by atoms with Crippen molar-refractivity contribution in [3.8, 4) is 0 Å². The molecular formula is C14H11ClN2O6S. The number of carbonyl (C=O) groups is 1. The number of nitro benzene ring substituents is 1. The first-order chi connectivity index (χ1) is 11.2. The Morgan fingerprint density at radius 2 is 1.96 bits per heavy atom. The third kappa shape index (κ3) is 3.81. The van der Waals surface area contributed by atoms with E-state index in [1.165, 1.54) is 31.4 Å². The summed E-state index contributed by atoms with van der Waals surface area (Å²) < 4.78 is 31.5. The van der Waals surface area contributed by atoms with Crippen molar-refractivity contribution in [1.82, 2.24) is 0 Å². The van der Waals surface area contributed by atoms with Gasteiger partial charge < -0.3 is 4.74 Å². The van der Waals surface area contributed by atoms with Gasteiger partial charge in [0.2, 0.25) is 0 Å². The predicted molar refractivity (Wildman–Crippen MR) is 86.7 cm³/mol. The largest absolute Gasteiger partial charge is 0.465 e. The van der Waals surface area contributed by atoms with Gasteiger partial charge in [0.25, 0.3) is 15.7 Å². The minimum atomic E-state index is -4.11. The van der Waals surface area contributed by atoms with Crippen LogP contribution in [0.5, 0.6) is 0 Å². The lowest BCUT2D eigenvalue weighted by molar-refractivity contribution is -0.384. The molecule has 0 aliphatic carbocycles. The molecule has 0 heterocycles. The number of nitro groups is 1. The number of benzene rings is 2. The summed E-state index contributed by atoms with van der Waals surface area (Å²) >= 11 is 5.87. The van der Waals surface area contributed by atoms with E-state index >= 15 is 0 Å². The van der Waals surface area contributed by atoms with Crippen LogP contribution in [0.1, 0.15) is 10.4 Å². The molecule has 2 aromatic carbocycles. The number of esters is 1. The Bertz CT molecular complexity index is 913. The van der Waals surface area contributed by atoms with Gasteiger partial charge in [0.1, 0.15) is 0 Å². The SMILES string of the molecule is COC(=O)c1cccc(S(=O)(=O)Nc2cc([N+](=O)[O-])ccc2Cl)c1. The van der Waals surface area contributed by atoms with Crippen molar-refractivity contribution in [2.24, 2.45) is 0 Å². The number of halogens is 1. The summed E-state index contributed by atoms with van der Waals surface area (Å²) in [4.78, 5) is 21.4. The highest BCUT2D eigenvalue weighted by atomic mass is 35.5.